The van der Waals surface area contributed by atoms with E-state index in [0.29, 0.717) is 29.4 Å². The Morgan fingerprint density at radius 1 is 1.30 bits per heavy atom. The van der Waals surface area contributed by atoms with Gasteiger partial charge in [-0.25, -0.2) is 9.75 Å². The van der Waals surface area contributed by atoms with Crippen molar-refractivity contribution < 1.29 is 19.2 Å². The van der Waals surface area contributed by atoms with Gasteiger partial charge in [0.1, 0.15) is 17.5 Å². The van der Waals surface area contributed by atoms with Crippen LogP contribution < -0.4 is 10.1 Å². The van der Waals surface area contributed by atoms with E-state index in [1.807, 2.05) is 45.0 Å². The molecule has 2 aromatic rings. The standard InChI is InChI=1S/C21H28N4O4.C2H6.C2H2/c1-6-9-18(21(27)24(4)28-5)22-20(26)19-13-15(3)23-25(19)16-10-8-11-17(14-16)29-12-7-2;2*1-2/h6,8,10-11,13-14,18H,1,7,9,12H2,2-5H3,(H,22,26);1-2H3;1-2H. The minimum atomic E-state index is -0.798. The van der Waals surface area contributed by atoms with Gasteiger partial charge in [0.15, 0.2) is 0 Å². The third kappa shape index (κ3) is 8.83. The Bertz CT molecular complexity index is 905. The van der Waals surface area contributed by atoms with Gasteiger partial charge in [-0.05, 0) is 38.0 Å². The second-order valence-electron chi connectivity index (χ2n) is 6.50. The number of terminal acetylenes is 1. The molecule has 0 aliphatic carbocycles. The van der Waals surface area contributed by atoms with Crippen LogP contribution in [-0.2, 0) is 9.63 Å². The van der Waals surface area contributed by atoms with Crippen molar-refractivity contribution in [3.63, 3.8) is 0 Å². The van der Waals surface area contributed by atoms with Crippen LogP contribution >= 0.6 is 0 Å². The average molecular weight is 457 g/mol. The van der Waals surface area contributed by atoms with E-state index in [9.17, 15) is 9.59 Å². The summed E-state index contributed by atoms with van der Waals surface area (Å²) in [5.74, 6) is -0.0982. The molecule has 1 atom stereocenters. The Balaban J connectivity index is 0.00000242. The van der Waals surface area contributed by atoms with Crippen molar-refractivity contribution in [3.05, 3.63) is 54.4 Å². The SMILES string of the molecule is C#C.C=CCC(NC(=O)c1cc(C)nn1-c1cccc(OCCC)c1)C(=O)N(C)OC.CC. The molecule has 0 spiro atoms. The van der Waals surface area contributed by atoms with E-state index in [4.69, 9.17) is 9.57 Å². The van der Waals surface area contributed by atoms with Crippen molar-refractivity contribution in [2.24, 2.45) is 0 Å². The molecule has 0 fully saturated rings. The second-order valence-corrected chi connectivity index (χ2v) is 6.50. The Morgan fingerprint density at radius 3 is 2.55 bits per heavy atom. The molecule has 2 rings (SSSR count). The molecule has 180 valence electrons. The molecular weight excluding hydrogens is 420 g/mol. The van der Waals surface area contributed by atoms with Gasteiger partial charge in [-0.2, -0.15) is 5.10 Å². The molecule has 33 heavy (non-hydrogen) atoms. The number of carbonyl (C=O) groups is 2. The molecule has 0 radical (unpaired) electrons. The first kappa shape index (κ1) is 29.4. The summed E-state index contributed by atoms with van der Waals surface area (Å²) in [5, 5.41) is 8.26. The lowest BCUT2D eigenvalue weighted by atomic mass is 10.1. The fourth-order valence-corrected chi connectivity index (χ4v) is 2.71. The van der Waals surface area contributed by atoms with E-state index < -0.39 is 11.9 Å². The van der Waals surface area contributed by atoms with Crippen LogP contribution in [-0.4, -0.2) is 53.5 Å². The molecule has 1 aromatic heterocycles. The van der Waals surface area contributed by atoms with Crippen LogP contribution in [0, 0.1) is 19.8 Å². The Hall–Kier alpha value is -3.57. The van der Waals surface area contributed by atoms with Gasteiger partial charge in [-0.1, -0.05) is 32.9 Å². The van der Waals surface area contributed by atoms with Gasteiger partial charge in [0.05, 0.1) is 25.1 Å². The largest absolute Gasteiger partial charge is 0.494 e. The van der Waals surface area contributed by atoms with Gasteiger partial charge < -0.3 is 10.1 Å². The number of amides is 2. The molecule has 1 aromatic carbocycles. The maximum absolute atomic E-state index is 13.0. The van der Waals surface area contributed by atoms with Crippen LogP contribution in [0.1, 0.15) is 49.8 Å². The summed E-state index contributed by atoms with van der Waals surface area (Å²) in [4.78, 5) is 30.3. The Kier molecular flexibility index (Phi) is 14.4. The molecule has 0 saturated heterocycles. The number of hydrogen-bond donors (Lipinski definition) is 1. The Labute approximate surface area is 197 Å². The number of nitrogens with zero attached hydrogens (tertiary/aromatic N) is 3. The maximum atomic E-state index is 13.0. The van der Waals surface area contributed by atoms with E-state index in [0.717, 1.165) is 11.5 Å². The number of benzene rings is 1. The molecule has 0 saturated carbocycles. The predicted octanol–water partition coefficient (Wildman–Crippen LogP) is 3.94. The van der Waals surface area contributed by atoms with E-state index in [1.54, 1.807) is 23.7 Å². The van der Waals surface area contributed by atoms with E-state index >= 15 is 0 Å². The number of nitrogens with one attached hydrogen (secondary N) is 1. The van der Waals surface area contributed by atoms with Crippen molar-refractivity contribution >= 4 is 11.8 Å². The molecular formula is C25H36N4O4. The number of hydroxylamine groups is 2. The van der Waals surface area contributed by atoms with Crippen molar-refractivity contribution in [2.75, 3.05) is 20.8 Å². The van der Waals surface area contributed by atoms with Gasteiger partial charge in [0.2, 0.25) is 0 Å². The summed E-state index contributed by atoms with van der Waals surface area (Å²) < 4.78 is 7.21. The van der Waals surface area contributed by atoms with E-state index in [2.05, 4.69) is 29.8 Å². The lowest BCUT2D eigenvalue weighted by Crippen LogP contribution is -2.47. The fraction of sp³-hybridized carbons (Fsp3) is 0.400. The molecule has 8 heteroatoms. The molecule has 0 bridgehead atoms. The highest BCUT2D eigenvalue weighted by molar-refractivity contribution is 5.96. The zero-order chi connectivity index (χ0) is 25.4. The number of ether oxygens (including phenoxy) is 1. The summed E-state index contributed by atoms with van der Waals surface area (Å²) in [6.07, 6.45) is 10.7. The van der Waals surface area contributed by atoms with Crippen LogP contribution in [0.3, 0.4) is 0 Å². The van der Waals surface area contributed by atoms with Crippen LogP contribution in [0.25, 0.3) is 5.69 Å². The summed E-state index contributed by atoms with van der Waals surface area (Å²) in [7, 11) is 2.87. The smallest absolute Gasteiger partial charge is 0.270 e. The van der Waals surface area contributed by atoms with Gasteiger partial charge in [-0.15, -0.1) is 19.4 Å². The summed E-state index contributed by atoms with van der Waals surface area (Å²) in [5.41, 5.74) is 1.69. The quantitative estimate of drug-likeness (QED) is 0.333. The number of carbonyl (C=O) groups excluding carboxylic acids is 2. The first-order chi connectivity index (χ1) is 15.9. The highest BCUT2D eigenvalue weighted by Crippen LogP contribution is 2.19. The monoisotopic (exact) mass is 456 g/mol. The number of hydrogen-bond acceptors (Lipinski definition) is 5. The molecule has 1 N–H and O–H groups in total. The second kappa shape index (κ2) is 16.1. The lowest BCUT2D eigenvalue weighted by molar-refractivity contribution is -0.170. The lowest BCUT2D eigenvalue weighted by Gasteiger charge is -2.22. The molecule has 0 aliphatic rings. The van der Waals surface area contributed by atoms with Crippen LogP contribution in [0.5, 0.6) is 5.75 Å². The van der Waals surface area contributed by atoms with Gasteiger partial charge in [-0.3, -0.25) is 14.4 Å². The fourth-order valence-electron chi connectivity index (χ4n) is 2.71. The minimum absolute atomic E-state index is 0.270. The number of aryl methyl sites for hydroxylation is 1. The van der Waals surface area contributed by atoms with Crippen molar-refractivity contribution in [2.45, 2.75) is 46.6 Å². The normalized spacial score (nSPS) is 10.4. The third-order valence-electron chi connectivity index (χ3n) is 4.19. The number of likely N-dealkylation sites (N-methyl/N-ethyl adjacent to an activating group) is 1. The van der Waals surface area contributed by atoms with E-state index in [1.165, 1.54) is 14.2 Å². The average Bonchev–Trinajstić information content (AvgIpc) is 3.26. The number of rotatable bonds is 10. The van der Waals surface area contributed by atoms with Crippen molar-refractivity contribution in [1.82, 2.24) is 20.2 Å². The molecule has 2 amide bonds. The zero-order valence-electron chi connectivity index (χ0n) is 20.5. The first-order valence-electron chi connectivity index (χ1n) is 10.8. The zero-order valence-corrected chi connectivity index (χ0v) is 20.5. The summed E-state index contributed by atoms with van der Waals surface area (Å²) in [6, 6.07) is 8.24. The predicted molar refractivity (Wildman–Crippen MR) is 131 cm³/mol. The highest BCUT2D eigenvalue weighted by Gasteiger charge is 2.25. The van der Waals surface area contributed by atoms with Crippen LogP contribution in [0.4, 0.5) is 0 Å². The minimum Gasteiger partial charge on any atom is -0.494 e. The first-order valence-corrected chi connectivity index (χ1v) is 10.8. The Morgan fingerprint density at radius 2 is 1.97 bits per heavy atom. The third-order valence-corrected chi connectivity index (χ3v) is 4.19. The van der Waals surface area contributed by atoms with Crippen molar-refractivity contribution in [3.8, 4) is 24.3 Å². The maximum Gasteiger partial charge on any atom is 0.270 e. The van der Waals surface area contributed by atoms with Gasteiger partial charge in [0, 0.05) is 13.1 Å². The van der Waals surface area contributed by atoms with Crippen LogP contribution in [0.2, 0.25) is 0 Å². The summed E-state index contributed by atoms with van der Waals surface area (Å²) in [6.45, 7) is 12.1. The summed E-state index contributed by atoms with van der Waals surface area (Å²) >= 11 is 0. The molecule has 1 unspecified atom stereocenters. The van der Waals surface area contributed by atoms with Gasteiger partial charge in [0.25, 0.3) is 11.8 Å². The van der Waals surface area contributed by atoms with Gasteiger partial charge >= 0.3 is 0 Å². The topological polar surface area (TPSA) is 85.7 Å². The highest BCUT2D eigenvalue weighted by atomic mass is 16.7. The number of aromatic nitrogens is 2. The molecule has 1 heterocycles. The molecule has 8 nitrogen and oxygen atoms in total. The van der Waals surface area contributed by atoms with E-state index in [-0.39, 0.29) is 12.3 Å². The molecule has 0 aliphatic heterocycles. The van der Waals surface area contributed by atoms with Crippen LogP contribution in [0.15, 0.2) is 43.0 Å². The van der Waals surface area contributed by atoms with Crippen molar-refractivity contribution in [1.29, 1.82) is 0 Å².